The summed E-state index contributed by atoms with van der Waals surface area (Å²) in [7, 11) is 0. The van der Waals surface area contributed by atoms with Crippen LogP contribution in [-0.2, 0) is 14.3 Å². The fraction of sp³-hybridized carbons (Fsp3) is 0.941. The molecule has 0 bridgehead atoms. The first kappa shape index (κ1) is 23.2. The SMILES string of the molecule is CCCCCCC(O)C(COC1OC(CO)C(O)C(O)C1O)NC(C)=O. The first-order valence-electron chi connectivity index (χ1n) is 9.19. The molecule has 154 valence electrons. The lowest BCUT2D eigenvalue weighted by molar-refractivity contribution is -0.302. The number of ether oxygens (including phenoxy) is 2. The molecule has 0 spiro atoms. The van der Waals surface area contributed by atoms with Crippen LogP contribution in [0.2, 0.25) is 0 Å². The molecule has 0 aromatic carbocycles. The molecule has 0 saturated carbocycles. The molecule has 1 aliphatic heterocycles. The van der Waals surface area contributed by atoms with Crippen molar-refractivity contribution in [2.24, 2.45) is 0 Å². The van der Waals surface area contributed by atoms with Crippen LogP contribution in [0.4, 0.5) is 0 Å². The van der Waals surface area contributed by atoms with Crippen LogP contribution in [0.15, 0.2) is 0 Å². The van der Waals surface area contributed by atoms with E-state index in [1.807, 2.05) is 0 Å². The third-order valence-corrected chi connectivity index (χ3v) is 4.50. The van der Waals surface area contributed by atoms with Gasteiger partial charge in [0.25, 0.3) is 0 Å². The predicted molar refractivity (Wildman–Crippen MR) is 92.1 cm³/mol. The number of hydrogen-bond acceptors (Lipinski definition) is 8. The van der Waals surface area contributed by atoms with Crippen molar-refractivity contribution in [3.05, 3.63) is 0 Å². The first-order valence-corrected chi connectivity index (χ1v) is 9.19. The number of rotatable bonds is 11. The number of aliphatic hydroxyl groups excluding tert-OH is 5. The van der Waals surface area contributed by atoms with Crippen molar-refractivity contribution in [2.75, 3.05) is 13.2 Å². The highest BCUT2D eigenvalue weighted by Crippen LogP contribution is 2.22. The van der Waals surface area contributed by atoms with Gasteiger partial charge in [-0.3, -0.25) is 4.79 Å². The average Bonchev–Trinajstić information content (AvgIpc) is 2.61. The minimum atomic E-state index is -1.54. The minimum absolute atomic E-state index is 0.156. The lowest BCUT2D eigenvalue weighted by Crippen LogP contribution is -2.60. The predicted octanol–water partition coefficient (Wildman–Crippen LogP) is -1.36. The lowest BCUT2D eigenvalue weighted by atomic mass is 9.99. The molecule has 7 unspecified atom stereocenters. The van der Waals surface area contributed by atoms with Gasteiger partial charge in [0, 0.05) is 6.92 Å². The molecular formula is C17H33NO8. The molecule has 1 rings (SSSR count). The summed E-state index contributed by atoms with van der Waals surface area (Å²) >= 11 is 0. The van der Waals surface area contributed by atoms with Crippen LogP contribution in [-0.4, -0.2) is 87.5 Å². The molecule has 0 aromatic rings. The number of amides is 1. The largest absolute Gasteiger partial charge is 0.394 e. The Kier molecular flexibility index (Phi) is 10.6. The Morgan fingerprint density at radius 2 is 1.85 bits per heavy atom. The van der Waals surface area contributed by atoms with Crippen LogP contribution in [0.5, 0.6) is 0 Å². The van der Waals surface area contributed by atoms with Crippen LogP contribution in [0, 0.1) is 0 Å². The van der Waals surface area contributed by atoms with Gasteiger partial charge < -0.3 is 40.3 Å². The molecule has 0 aliphatic carbocycles. The van der Waals surface area contributed by atoms with Crippen LogP contribution in [0.25, 0.3) is 0 Å². The zero-order valence-corrected chi connectivity index (χ0v) is 15.5. The van der Waals surface area contributed by atoms with Crippen molar-refractivity contribution in [1.29, 1.82) is 0 Å². The van der Waals surface area contributed by atoms with E-state index < -0.39 is 49.5 Å². The average molecular weight is 379 g/mol. The van der Waals surface area contributed by atoms with Gasteiger partial charge in [-0.15, -0.1) is 0 Å². The van der Waals surface area contributed by atoms with E-state index in [1.54, 1.807) is 0 Å². The highest BCUT2D eigenvalue weighted by atomic mass is 16.7. The number of hydrogen-bond donors (Lipinski definition) is 6. The molecule has 1 aliphatic rings. The van der Waals surface area contributed by atoms with E-state index in [-0.39, 0.29) is 12.5 Å². The summed E-state index contributed by atoms with van der Waals surface area (Å²) in [6.07, 6.45) is -3.31. The molecule has 0 radical (unpaired) electrons. The summed E-state index contributed by atoms with van der Waals surface area (Å²) < 4.78 is 10.7. The first-order chi connectivity index (χ1) is 12.3. The van der Waals surface area contributed by atoms with E-state index in [0.29, 0.717) is 6.42 Å². The van der Waals surface area contributed by atoms with Gasteiger partial charge in [-0.05, 0) is 6.42 Å². The van der Waals surface area contributed by atoms with Crippen molar-refractivity contribution >= 4 is 5.91 Å². The topological polar surface area (TPSA) is 149 Å². The maximum atomic E-state index is 11.4. The van der Waals surface area contributed by atoms with Crippen molar-refractivity contribution in [3.63, 3.8) is 0 Å². The fourth-order valence-corrected chi connectivity index (χ4v) is 2.90. The van der Waals surface area contributed by atoms with Crippen LogP contribution < -0.4 is 5.32 Å². The molecule has 7 atom stereocenters. The van der Waals surface area contributed by atoms with Gasteiger partial charge >= 0.3 is 0 Å². The lowest BCUT2D eigenvalue weighted by Gasteiger charge is -2.40. The van der Waals surface area contributed by atoms with Gasteiger partial charge in [-0.2, -0.15) is 0 Å². The van der Waals surface area contributed by atoms with Gasteiger partial charge in [0.1, 0.15) is 24.4 Å². The Labute approximate surface area is 153 Å². The van der Waals surface area contributed by atoms with Crippen molar-refractivity contribution in [1.82, 2.24) is 5.32 Å². The fourth-order valence-electron chi connectivity index (χ4n) is 2.90. The summed E-state index contributed by atoms with van der Waals surface area (Å²) in [5.41, 5.74) is 0. The normalized spacial score (nSPS) is 31.4. The molecular weight excluding hydrogens is 346 g/mol. The molecule has 0 aromatic heterocycles. The Bertz CT molecular complexity index is 408. The van der Waals surface area contributed by atoms with Gasteiger partial charge in [-0.1, -0.05) is 32.6 Å². The highest BCUT2D eigenvalue weighted by molar-refractivity contribution is 5.73. The van der Waals surface area contributed by atoms with Crippen molar-refractivity contribution in [2.45, 2.75) is 88.8 Å². The Morgan fingerprint density at radius 3 is 2.42 bits per heavy atom. The second kappa shape index (κ2) is 11.8. The van der Waals surface area contributed by atoms with E-state index in [4.69, 9.17) is 9.47 Å². The van der Waals surface area contributed by atoms with Gasteiger partial charge in [0.05, 0.1) is 25.4 Å². The van der Waals surface area contributed by atoms with Crippen molar-refractivity contribution < 1.29 is 39.8 Å². The van der Waals surface area contributed by atoms with E-state index >= 15 is 0 Å². The highest BCUT2D eigenvalue weighted by Gasteiger charge is 2.44. The second-order valence-corrected chi connectivity index (χ2v) is 6.75. The Morgan fingerprint density at radius 1 is 1.15 bits per heavy atom. The summed E-state index contributed by atoms with van der Waals surface area (Å²) in [5.74, 6) is -0.333. The van der Waals surface area contributed by atoms with Crippen molar-refractivity contribution in [3.8, 4) is 0 Å². The standard InChI is InChI=1S/C17H33NO8/c1-3-4-5-6-7-12(21)11(18-10(2)20)9-25-17-16(24)15(23)14(22)13(8-19)26-17/h11-17,19,21-24H,3-9H2,1-2H3,(H,18,20). The van der Waals surface area contributed by atoms with E-state index in [1.165, 1.54) is 6.92 Å². The Balaban J connectivity index is 2.60. The second-order valence-electron chi connectivity index (χ2n) is 6.75. The maximum absolute atomic E-state index is 11.4. The number of aliphatic hydroxyl groups is 5. The van der Waals surface area contributed by atoms with Crippen LogP contribution in [0.3, 0.4) is 0 Å². The van der Waals surface area contributed by atoms with Crippen LogP contribution >= 0.6 is 0 Å². The minimum Gasteiger partial charge on any atom is -0.394 e. The summed E-state index contributed by atoms with van der Waals surface area (Å²) in [6, 6.07) is -0.707. The molecule has 1 amide bonds. The molecule has 1 heterocycles. The molecule has 1 fully saturated rings. The Hall–Kier alpha value is -0.810. The molecule has 6 N–H and O–H groups in total. The van der Waals surface area contributed by atoms with E-state index in [9.17, 15) is 30.3 Å². The molecule has 1 saturated heterocycles. The third-order valence-electron chi connectivity index (χ3n) is 4.50. The van der Waals surface area contributed by atoms with E-state index in [2.05, 4.69) is 12.2 Å². The number of nitrogens with one attached hydrogen (secondary N) is 1. The molecule has 9 nitrogen and oxygen atoms in total. The quantitative estimate of drug-likeness (QED) is 0.241. The summed E-state index contributed by atoms with van der Waals surface area (Å²) in [6.45, 7) is 2.70. The number of carbonyl (C=O) groups excluding carboxylic acids is 1. The number of carbonyl (C=O) groups is 1. The van der Waals surface area contributed by atoms with Gasteiger partial charge in [0.2, 0.25) is 5.91 Å². The summed E-state index contributed by atoms with van der Waals surface area (Å²) in [5, 5.41) is 51.6. The smallest absolute Gasteiger partial charge is 0.217 e. The van der Waals surface area contributed by atoms with Gasteiger partial charge in [-0.25, -0.2) is 0 Å². The zero-order valence-electron chi connectivity index (χ0n) is 15.5. The van der Waals surface area contributed by atoms with E-state index in [0.717, 1.165) is 25.7 Å². The number of unbranched alkanes of at least 4 members (excludes halogenated alkanes) is 3. The summed E-state index contributed by atoms with van der Waals surface area (Å²) in [4.78, 5) is 11.4. The molecule has 9 heteroatoms. The third kappa shape index (κ3) is 7.07. The van der Waals surface area contributed by atoms with Crippen LogP contribution in [0.1, 0.15) is 46.0 Å². The van der Waals surface area contributed by atoms with Gasteiger partial charge in [0.15, 0.2) is 6.29 Å². The molecule has 26 heavy (non-hydrogen) atoms. The monoisotopic (exact) mass is 379 g/mol. The zero-order chi connectivity index (χ0) is 19.7. The maximum Gasteiger partial charge on any atom is 0.217 e.